The number of halogens is 1. The number of hydrogen-bond acceptors (Lipinski definition) is 6. The Morgan fingerprint density at radius 2 is 2.15 bits per heavy atom. The van der Waals surface area contributed by atoms with Gasteiger partial charge in [-0.2, -0.15) is 4.98 Å². The Bertz CT molecular complexity index is 599. The lowest BCUT2D eigenvalue weighted by atomic mass is 10.1. The number of rotatable bonds is 5. The topological polar surface area (TPSA) is 83.4 Å². The normalized spacial score (nSPS) is 10.9. The fourth-order valence-corrected chi connectivity index (χ4v) is 2.19. The number of nitrogens with two attached hydrogens (primary N) is 1. The third-order valence-electron chi connectivity index (χ3n) is 2.51. The molecule has 20 heavy (non-hydrogen) atoms. The minimum Gasteiger partial charge on any atom is -0.493 e. The molecule has 0 aliphatic carbocycles. The Labute approximate surface area is 125 Å². The molecule has 1 aromatic heterocycles. The summed E-state index contributed by atoms with van der Waals surface area (Å²) in [7, 11) is 1.59. The summed E-state index contributed by atoms with van der Waals surface area (Å²) in [4.78, 5) is 4.23. The van der Waals surface area contributed by atoms with Crippen molar-refractivity contribution in [2.24, 2.45) is 5.73 Å². The van der Waals surface area contributed by atoms with Crippen molar-refractivity contribution in [3.63, 3.8) is 0 Å². The highest BCUT2D eigenvalue weighted by Crippen LogP contribution is 2.42. The van der Waals surface area contributed by atoms with Crippen LogP contribution in [0.25, 0.3) is 11.4 Å². The SMILES string of the molecule is COc1ccc(Br)c(-c2noc(CN)n2)c1OC(C)C. The van der Waals surface area contributed by atoms with Gasteiger partial charge in [-0.15, -0.1) is 0 Å². The average molecular weight is 342 g/mol. The van der Waals surface area contributed by atoms with Crippen molar-refractivity contribution < 1.29 is 14.0 Å². The van der Waals surface area contributed by atoms with E-state index in [9.17, 15) is 0 Å². The van der Waals surface area contributed by atoms with Crippen LogP contribution < -0.4 is 15.2 Å². The first-order valence-electron chi connectivity index (χ1n) is 6.13. The third kappa shape index (κ3) is 2.94. The van der Waals surface area contributed by atoms with Crippen LogP contribution >= 0.6 is 15.9 Å². The molecule has 0 radical (unpaired) electrons. The van der Waals surface area contributed by atoms with E-state index in [0.717, 1.165) is 4.47 Å². The van der Waals surface area contributed by atoms with Crippen LogP contribution in [0.3, 0.4) is 0 Å². The van der Waals surface area contributed by atoms with Crippen molar-refractivity contribution >= 4 is 15.9 Å². The quantitative estimate of drug-likeness (QED) is 0.900. The van der Waals surface area contributed by atoms with Gasteiger partial charge in [0.2, 0.25) is 11.7 Å². The van der Waals surface area contributed by atoms with E-state index in [4.69, 9.17) is 19.7 Å². The third-order valence-corrected chi connectivity index (χ3v) is 3.17. The van der Waals surface area contributed by atoms with Crippen molar-refractivity contribution in [1.29, 1.82) is 0 Å². The summed E-state index contributed by atoms with van der Waals surface area (Å²) in [6.07, 6.45) is -0.0159. The Hall–Kier alpha value is -1.60. The van der Waals surface area contributed by atoms with Crippen LogP contribution in [0.15, 0.2) is 21.1 Å². The maximum atomic E-state index is 5.84. The van der Waals surface area contributed by atoms with E-state index in [1.807, 2.05) is 26.0 Å². The molecule has 0 aliphatic rings. The second kappa shape index (κ2) is 6.23. The van der Waals surface area contributed by atoms with Crippen molar-refractivity contribution in [1.82, 2.24) is 10.1 Å². The smallest absolute Gasteiger partial charge is 0.240 e. The standard InChI is InChI=1S/C13H16BrN3O3/c1-7(2)19-12-9(18-3)5-4-8(14)11(12)13-16-10(6-15)20-17-13/h4-5,7H,6,15H2,1-3H3. The molecule has 0 saturated carbocycles. The second-order valence-electron chi connectivity index (χ2n) is 4.34. The number of nitrogens with zero attached hydrogens (tertiary/aromatic N) is 2. The summed E-state index contributed by atoms with van der Waals surface area (Å²) >= 11 is 3.48. The molecule has 2 N–H and O–H groups in total. The number of methoxy groups -OCH3 is 1. The van der Waals surface area contributed by atoms with Crippen LogP contribution in [0, 0.1) is 0 Å². The lowest BCUT2D eigenvalue weighted by Gasteiger charge is -2.17. The predicted molar refractivity (Wildman–Crippen MR) is 77.6 cm³/mol. The largest absolute Gasteiger partial charge is 0.493 e. The van der Waals surface area contributed by atoms with Crippen LogP contribution in [0.4, 0.5) is 0 Å². The maximum Gasteiger partial charge on any atom is 0.240 e. The van der Waals surface area contributed by atoms with E-state index in [0.29, 0.717) is 28.8 Å². The van der Waals surface area contributed by atoms with Gasteiger partial charge in [-0.25, -0.2) is 0 Å². The number of hydrogen-bond donors (Lipinski definition) is 1. The van der Waals surface area contributed by atoms with E-state index in [-0.39, 0.29) is 12.6 Å². The zero-order valence-electron chi connectivity index (χ0n) is 11.5. The lowest BCUT2D eigenvalue weighted by Crippen LogP contribution is -2.08. The van der Waals surface area contributed by atoms with E-state index in [1.165, 1.54) is 0 Å². The highest BCUT2D eigenvalue weighted by Gasteiger charge is 2.21. The van der Waals surface area contributed by atoms with Gasteiger partial charge in [-0.1, -0.05) is 5.16 Å². The molecule has 2 aromatic rings. The molecule has 108 valence electrons. The van der Waals surface area contributed by atoms with E-state index in [2.05, 4.69) is 26.1 Å². The number of benzene rings is 1. The fourth-order valence-electron chi connectivity index (χ4n) is 1.70. The van der Waals surface area contributed by atoms with Gasteiger partial charge in [0.25, 0.3) is 0 Å². The van der Waals surface area contributed by atoms with Crippen LogP contribution in [-0.2, 0) is 6.54 Å². The Morgan fingerprint density at radius 3 is 2.70 bits per heavy atom. The summed E-state index contributed by atoms with van der Waals surface area (Å²) in [5, 5.41) is 3.93. The van der Waals surface area contributed by atoms with Crippen molar-refractivity contribution in [2.45, 2.75) is 26.5 Å². The lowest BCUT2D eigenvalue weighted by molar-refractivity contribution is 0.231. The molecule has 6 nitrogen and oxygen atoms in total. The average Bonchev–Trinajstić information content (AvgIpc) is 2.87. The highest BCUT2D eigenvalue weighted by atomic mass is 79.9. The van der Waals surface area contributed by atoms with Crippen LogP contribution in [0.1, 0.15) is 19.7 Å². The van der Waals surface area contributed by atoms with E-state index >= 15 is 0 Å². The molecular weight excluding hydrogens is 326 g/mol. The maximum absolute atomic E-state index is 5.84. The minimum absolute atomic E-state index is 0.0159. The summed E-state index contributed by atoms with van der Waals surface area (Å²) in [5.41, 5.74) is 6.17. The van der Waals surface area contributed by atoms with E-state index in [1.54, 1.807) is 7.11 Å². The van der Waals surface area contributed by atoms with Gasteiger partial charge in [0.05, 0.1) is 25.3 Å². The van der Waals surface area contributed by atoms with Gasteiger partial charge in [-0.05, 0) is 41.9 Å². The van der Waals surface area contributed by atoms with Crippen LogP contribution in [0.5, 0.6) is 11.5 Å². The molecule has 0 unspecified atom stereocenters. The first-order chi connectivity index (χ1) is 9.56. The molecule has 0 spiro atoms. The van der Waals surface area contributed by atoms with Gasteiger partial charge < -0.3 is 19.7 Å². The minimum atomic E-state index is -0.0159. The zero-order valence-corrected chi connectivity index (χ0v) is 13.1. The monoisotopic (exact) mass is 341 g/mol. The Morgan fingerprint density at radius 1 is 1.40 bits per heavy atom. The molecule has 1 heterocycles. The van der Waals surface area contributed by atoms with Crippen molar-refractivity contribution in [3.8, 4) is 22.9 Å². The first kappa shape index (κ1) is 14.8. The molecule has 0 aliphatic heterocycles. The first-order valence-corrected chi connectivity index (χ1v) is 6.92. The van der Waals surface area contributed by atoms with E-state index < -0.39 is 0 Å². The van der Waals surface area contributed by atoms with Crippen LogP contribution in [-0.4, -0.2) is 23.4 Å². The molecule has 0 fully saturated rings. The molecule has 0 atom stereocenters. The molecule has 7 heteroatoms. The van der Waals surface area contributed by atoms with Crippen LogP contribution in [0.2, 0.25) is 0 Å². The Balaban J connectivity index is 2.59. The summed E-state index contributed by atoms with van der Waals surface area (Å²) in [6, 6.07) is 3.66. The summed E-state index contributed by atoms with van der Waals surface area (Å²) < 4.78 is 17.0. The molecule has 0 bridgehead atoms. The highest BCUT2D eigenvalue weighted by molar-refractivity contribution is 9.10. The van der Waals surface area contributed by atoms with Crippen molar-refractivity contribution in [2.75, 3.05) is 7.11 Å². The van der Waals surface area contributed by atoms with Crippen molar-refractivity contribution in [3.05, 3.63) is 22.5 Å². The van der Waals surface area contributed by atoms with Gasteiger partial charge in [0, 0.05) is 4.47 Å². The number of ether oxygens (including phenoxy) is 2. The predicted octanol–water partition coefficient (Wildman–Crippen LogP) is 2.75. The fraction of sp³-hybridized carbons (Fsp3) is 0.385. The van der Waals surface area contributed by atoms with Gasteiger partial charge in [0.15, 0.2) is 11.5 Å². The Kier molecular flexibility index (Phi) is 4.61. The summed E-state index contributed by atoms with van der Waals surface area (Å²) in [5.74, 6) is 1.95. The van der Waals surface area contributed by atoms with Gasteiger partial charge >= 0.3 is 0 Å². The second-order valence-corrected chi connectivity index (χ2v) is 5.19. The molecule has 2 rings (SSSR count). The summed E-state index contributed by atoms with van der Waals surface area (Å²) in [6.45, 7) is 4.06. The molecule has 0 saturated heterocycles. The zero-order chi connectivity index (χ0) is 14.7. The molecular formula is C13H16BrN3O3. The molecule has 1 aromatic carbocycles. The van der Waals surface area contributed by atoms with Gasteiger partial charge in [0.1, 0.15) is 0 Å². The molecule has 0 amide bonds. The number of aromatic nitrogens is 2. The van der Waals surface area contributed by atoms with Gasteiger partial charge in [-0.3, -0.25) is 0 Å².